The van der Waals surface area contributed by atoms with Gasteiger partial charge in [0.1, 0.15) is 23.2 Å². The number of rotatable bonds is 2. The molecule has 1 unspecified atom stereocenters. The van der Waals surface area contributed by atoms with Crippen molar-refractivity contribution in [1.29, 1.82) is 0 Å². The fourth-order valence-corrected chi connectivity index (χ4v) is 3.33. The molecule has 0 fully saturated rings. The van der Waals surface area contributed by atoms with Crippen LogP contribution in [-0.2, 0) is 6.42 Å². The molecule has 0 spiro atoms. The molecule has 1 atom stereocenters. The van der Waals surface area contributed by atoms with Crippen LogP contribution in [0.4, 0.5) is 13.2 Å². The molecule has 21 heavy (non-hydrogen) atoms. The zero-order chi connectivity index (χ0) is 15.1. The van der Waals surface area contributed by atoms with Gasteiger partial charge in [-0.3, -0.25) is 0 Å². The van der Waals surface area contributed by atoms with Gasteiger partial charge in [-0.2, -0.15) is 0 Å². The first-order valence-corrected chi connectivity index (χ1v) is 7.44. The summed E-state index contributed by atoms with van der Waals surface area (Å²) in [5.74, 6) is -2.46. The zero-order valence-corrected chi connectivity index (χ0v) is 12.9. The van der Waals surface area contributed by atoms with Gasteiger partial charge in [-0.15, -0.1) is 11.6 Å². The molecule has 0 aliphatic carbocycles. The van der Waals surface area contributed by atoms with E-state index in [1.807, 2.05) is 6.07 Å². The molecular weight excluding hydrogens is 369 g/mol. The first-order valence-electron chi connectivity index (χ1n) is 6.21. The summed E-state index contributed by atoms with van der Waals surface area (Å²) in [5.41, 5.74) is 1.00. The molecule has 0 N–H and O–H groups in total. The molecular formula is C15H9BrClF3O. The molecule has 0 saturated carbocycles. The Hall–Kier alpha value is -1.20. The molecule has 110 valence electrons. The van der Waals surface area contributed by atoms with Crippen molar-refractivity contribution in [1.82, 2.24) is 0 Å². The number of halogens is 5. The lowest BCUT2D eigenvalue weighted by molar-refractivity contribution is 0.353. The quantitative estimate of drug-likeness (QED) is 0.659. The molecule has 0 radical (unpaired) electrons. The van der Waals surface area contributed by atoms with Crippen LogP contribution in [0.3, 0.4) is 0 Å². The third kappa shape index (κ3) is 2.64. The van der Waals surface area contributed by atoms with Crippen LogP contribution in [0.2, 0.25) is 0 Å². The van der Waals surface area contributed by atoms with Gasteiger partial charge >= 0.3 is 0 Å². The van der Waals surface area contributed by atoms with Crippen LogP contribution in [0, 0.1) is 17.5 Å². The third-order valence-corrected chi connectivity index (χ3v) is 4.26. The second-order valence-electron chi connectivity index (χ2n) is 4.73. The Morgan fingerprint density at radius 3 is 2.43 bits per heavy atom. The normalized spacial score (nSPS) is 14.7. The summed E-state index contributed by atoms with van der Waals surface area (Å²) >= 11 is 9.59. The first kappa shape index (κ1) is 14.7. The largest absolute Gasteiger partial charge is 0.493 e. The van der Waals surface area contributed by atoms with Gasteiger partial charge in [0.25, 0.3) is 0 Å². The Kier molecular flexibility index (Phi) is 3.88. The summed E-state index contributed by atoms with van der Waals surface area (Å²) in [6.45, 7) is 0.497. The minimum atomic E-state index is -1.10. The third-order valence-electron chi connectivity index (χ3n) is 3.35. The number of fused-ring (bicyclic) bond motifs is 1. The van der Waals surface area contributed by atoms with E-state index in [0.717, 1.165) is 10.0 Å². The van der Waals surface area contributed by atoms with Crippen molar-refractivity contribution < 1.29 is 17.9 Å². The van der Waals surface area contributed by atoms with Crippen LogP contribution in [0.25, 0.3) is 0 Å². The summed E-state index contributed by atoms with van der Waals surface area (Å²) < 4.78 is 47.0. The van der Waals surface area contributed by atoms with E-state index >= 15 is 0 Å². The van der Waals surface area contributed by atoms with E-state index in [1.165, 1.54) is 0 Å². The van der Waals surface area contributed by atoms with Gasteiger partial charge in [-0.25, -0.2) is 13.2 Å². The topological polar surface area (TPSA) is 9.23 Å². The fourth-order valence-electron chi connectivity index (χ4n) is 2.44. The molecule has 3 rings (SSSR count). The van der Waals surface area contributed by atoms with Crippen LogP contribution >= 0.6 is 27.5 Å². The summed E-state index contributed by atoms with van der Waals surface area (Å²) in [6, 6.07) is 4.77. The van der Waals surface area contributed by atoms with Gasteiger partial charge < -0.3 is 4.74 Å². The Bertz CT molecular complexity index is 697. The summed E-state index contributed by atoms with van der Waals surface area (Å²) in [4.78, 5) is 0. The zero-order valence-electron chi connectivity index (χ0n) is 10.6. The van der Waals surface area contributed by atoms with E-state index in [1.54, 1.807) is 6.07 Å². The standard InChI is InChI=1S/C15H9BrClF3O/c16-8-3-7-1-2-21-15(7)10(4-8)14(17)13-11(19)5-9(18)6-12(13)20/h3-6,14H,1-2H2. The van der Waals surface area contributed by atoms with Crippen molar-refractivity contribution in [3.8, 4) is 5.75 Å². The van der Waals surface area contributed by atoms with Gasteiger partial charge in [0.05, 0.1) is 12.0 Å². The number of hydrogen-bond acceptors (Lipinski definition) is 1. The van der Waals surface area contributed by atoms with Crippen LogP contribution in [0.15, 0.2) is 28.7 Å². The van der Waals surface area contributed by atoms with Crippen LogP contribution in [0.5, 0.6) is 5.75 Å². The molecule has 1 aliphatic rings. The van der Waals surface area contributed by atoms with E-state index in [0.29, 0.717) is 36.5 Å². The lowest BCUT2D eigenvalue weighted by Gasteiger charge is -2.16. The Labute approximate surface area is 132 Å². The smallest absolute Gasteiger partial charge is 0.134 e. The van der Waals surface area contributed by atoms with E-state index in [2.05, 4.69) is 15.9 Å². The van der Waals surface area contributed by atoms with Gasteiger partial charge in [0.2, 0.25) is 0 Å². The average molecular weight is 378 g/mol. The predicted molar refractivity (Wildman–Crippen MR) is 77.4 cm³/mol. The van der Waals surface area contributed by atoms with E-state index < -0.39 is 22.8 Å². The number of hydrogen-bond donors (Lipinski definition) is 0. The highest BCUT2D eigenvalue weighted by Gasteiger charge is 2.27. The van der Waals surface area contributed by atoms with Crippen molar-refractivity contribution in [2.75, 3.05) is 6.61 Å². The van der Waals surface area contributed by atoms with Crippen LogP contribution in [-0.4, -0.2) is 6.61 Å². The van der Waals surface area contributed by atoms with E-state index in [4.69, 9.17) is 16.3 Å². The molecule has 0 aromatic heterocycles. The highest BCUT2D eigenvalue weighted by Crippen LogP contribution is 2.42. The average Bonchev–Trinajstić information content (AvgIpc) is 2.84. The second-order valence-corrected chi connectivity index (χ2v) is 6.08. The lowest BCUT2D eigenvalue weighted by Crippen LogP contribution is -2.04. The number of alkyl halides is 1. The predicted octanol–water partition coefficient (Wildman–Crippen LogP) is 5.13. The lowest BCUT2D eigenvalue weighted by atomic mass is 9.99. The van der Waals surface area contributed by atoms with Gasteiger partial charge in [0.15, 0.2) is 0 Å². The molecule has 2 aromatic carbocycles. The molecule has 1 heterocycles. The number of ether oxygens (including phenoxy) is 1. The minimum absolute atomic E-state index is 0.381. The van der Waals surface area contributed by atoms with Crippen molar-refractivity contribution in [3.63, 3.8) is 0 Å². The maximum atomic E-state index is 13.9. The highest BCUT2D eigenvalue weighted by atomic mass is 79.9. The minimum Gasteiger partial charge on any atom is -0.493 e. The van der Waals surface area contributed by atoms with E-state index in [-0.39, 0.29) is 5.56 Å². The Balaban J connectivity index is 2.14. The summed E-state index contributed by atoms with van der Waals surface area (Å²) in [7, 11) is 0. The molecule has 6 heteroatoms. The van der Waals surface area contributed by atoms with Gasteiger partial charge in [-0.05, 0) is 17.7 Å². The summed E-state index contributed by atoms with van der Waals surface area (Å²) in [6.07, 6.45) is 0.708. The van der Waals surface area contributed by atoms with Crippen molar-refractivity contribution in [2.24, 2.45) is 0 Å². The first-order chi connectivity index (χ1) is 9.97. The molecule has 2 aromatic rings. The molecule has 0 bridgehead atoms. The second kappa shape index (κ2) is 5.54. The maximum Gasteiger partial charge on any atom is 0.134 e. The SMILES string of the molecule is Fc1cc(F)c(C(Cl)c2cc(Br)cc3c2OCC3)c(F)c1. The highest BCUT2D eigenvalue weighted by molar-refractivity contribution is 9.10. The van der Waals surface area contributed by atoms with Crippen LogP contribution in [0.1, 0.15) is 22.1 Å². The van der Waals surface area contributed by atoms with Gasteiger partial charge in [-0.1, -0.05) is 15.9 Å². The van der Waals surface area contributed by atoms with Crippen molar-refractivity contribution in [3.05, 3.63) is 62.9 Å². The van der Waals surface area contributed by atoms with Crippen LogP contribution < -0.4 is 4.74 Å². The molecule has 0 amide bonds. The Morgan fingerprint density at radius 1 is 1.10 bits per heavy atom. The van der Waals surface area contributed by atoms with Crippen molar-refractivity contribution >= 4 is 27.5 Å². The summed E-state index contributed by atoms with van der Waals surface area (Å²) in [5, 5.41) is -1.10. The maximum absolute atomic E-state index is 13.9. The number of benzene rings is 2. The molecule has 1 nitrogen and oxygen atoms in total. The fraction of sp³-hybridized carbons (Fsp3) is 0.200. The molecule has 0 saturated heterocycles. The Morgan fingerprint density at radius 2 is 1.76 bits per heavy atom. The monoisotopic (exact) mass is 376 g/mol. The molecule has 1 aliphatic heterocycles. The van der Waals surface area contributed by atoms with Crippen molar-refractivity contribution in [2.45, 2.75) is 11.8 Å². The van der Waals surface area contributed by atoms with E-state index in [9.17, 15) is 13.2 Å². The van der Waals surface area contributed by atoms with Gasteiger partial charge in [0, 0.05) is 34.2 Å².